The van der Waals surface area contributed by atoms with Gasteiger partial charge in [0, 0.05) is 43.5 Å². The standard InChI is InChI=1S/C22H25N5O/c1-16-6-4-7-18(14-16)21-23-22(17(2)24-25-21)27-12-10-26(11-13-27)19-8-5-9-20(15-19)28-3/h4-9,14-15H,10-13H2,1-3H3. The number of rotatable bonds is 4. The van der Waals surface area contributed by atoms with Crippen molar-refractivity contribution >= 4 is 11.5 Å². The fraction of sp³-hybridized carbons (Fsp3) is 0.318. The molecule has 1 aliphatic heterocycles. The summed E-state index contributed by atoms with van der Waals surface area (Å²) in [6.07, 6.45) is 0. The molecule has 1 fully saturated rings. The molecule has 144 valence electrons. The van der Waals surface area contributed by atoms with Crippen LogP contribution in [0.2, 0.25) is 0 Å². The van der Waals surface area contributed by atoms with Gasteiger partial charge in [0.15, 0.2) is 11.6 Å². The number of aryl methyl sites for hydroxylation is 2. The van der Waals surface area contributed by atoms with Gasteiger partial charge in [0.25, 0.3) is 0 Å². The molecule has 28 heavy (non-hydrogen) atoms. The second-order valence-corrected chi connectivity index (χ2v) is 7.09. The summed E-state index contributed by atoms with van der Waals surface area (Å²) in [5.41, 5.74) is 4.25. The monoisotopic (exact) mass is 375 g/mol. The SMILES string of the molecule is COc1cccc(N2CCN(c3nc(-c4cccc(C)c4)nnc3C)CC2)c1. The van der Waals surface area contributed by atoms with Gasteiger partial charge < -0.3 is 14.5 Å². The maximum Gasteiger partial charge on any atom is 0.183 e. The molecule has 0 atom stereocenters. The first kappa shape index (κ1) is 18.2. The smallest absolute Gasteiger partial charge is 0.183 e. The van der Waals surface area contributed by atoms with Crippen LogP contribution in [0, 0.1) is 13.8 Å². The molecule has 0 unspecified atom stereocenters. The van der Waals surface area contributed by atoms with Crippen LogP contribution in [0.25, 0.3) is 11.4 Å². The Bertz CT molecular complexity index is 967. The van der Waals surface area contributed by atoms with Crippen molar-refractivity contribution < 1.29 is 4.74 Å². The predicted molar refractivity (Wildman–Crippen MR) is 112 cm³/mol. The molecule has 0 aliphatic carbocycles. The first-order chi connectivity index (χ1) is 13.6. The van der Waals surface area contributed by atoms with Crippen LogP contribution < -0.4 is 14.5 Å². The fourth-order valence-electron chi connectivity index (χ4n) is 3.56. The van der Waals surface area contributed by atoms with E-state index in [1.165, 1.54) is 11.3 Å². The highest BCUT2D eigenvalue weighted by molar-refractivity contribution is 5.59. The molecule has 0 spiro atoms. The zero-order valence-electron chi connectivity index (χ0n) is 16.6. The fourth-order valence-corrected chi connectivity index (χ4v) is 3.56. The van der Waals surface area contributed by atoms with Gasteiger partial charge in [-0.25, -0.2) is 4.98 Å². The van der Waals surface area contributed by atoms with Crippen LogP contribution >= 0.6 is 0 Å². The van der Waals surface area contributed by atoms with Crippen LogP contribution in [-0.4, -0.2) is 48.5 Å². The Morgan fingerprint density at radius 1 is 0.857 bits per heavy atom. The van der Waals surface area contributed by atoms with Gasteiger partial charge in [0.05, 0.1) is 7.11 Å². The van der Waals surface area contributed by atoms with E-state index in [1.54, 1.807) is 7.11 Å². The average molecular weight is 375 g/mol. The summed E-state index contributed by atoms with van der Waals surface area (Å²) >= 11 is 0. The van der Waals surface area contributed by atoms with E-state index in [4.69, 9.17) is 9.72 Å². The van der Waals surface area contributed by atoms with E-state index >= 15 is 0 Å². The Balaban J connectivity index is 1.52. The number of hydrogen-bond donors (Lipinski definition) is 0. The molecule has 1 aliphatic rings. The summed E-state index contributed by atoms with van der Waals surface area (Å²) in [6, 6.07) is 16.5. The zero-order valence-corrected chi connectivity index (χ0v) is 16.6. The number of hydrogen-bond acceptors (Lipinski definition) is 6. The van der Waals surface area contributed by atoms with E-state index in [-0.39, 0.29) is 0 Å². The molecule has 0 amide bonds. The van der Waals surface area contributed by atoms with E-state index in [0.29, 0.717) is 5.82 Å². The van der Waals surface area contributed by atoms with Crippen molar-refractivity contribution in [2.24, 2.45) is 0 Å². The molecule has 4 rings (SSSR count). The van der Waals surface area contributed by atoms with Crippen LogP contribution in [0.3, 0.4) is 0 Å². The molecule has 1 aromatic heterocycles. The minimum Gasteiger partial charge on any atom is -0.497 e. The first-order valence-electron chi connectivity index (χ1n) is 9.56. The third kappa shape index (κ3) is 3.76. The van der Waals surface area contributed by atoms with Gasteiger partial charge in [-0.15, -0.1) is 10.2 Å². The summed E-state index contributed by atoms with van der Waals surface area (Å²) in [7, 11) is 1.70. The lowest BCUT2D eigenvalue weighted by atomic mass is 10.1. The van der Waals surface area contributed by atoms with Gasteiger partial charge in [0.1, 0.15) is 11.4 Å². The number of ether oxygens (including phenoxy) is 1. The van der Waals surface area contributed by atoms with Crippen LogP contribution in [0.5, 0.6) is 5.75 Å². The lowest BCUT2D eigenvalue weighted by Crippen LogP contribution is -2.47. The van der Waals surface area contributed by atoms with Crippen LogP contribution in [-0.2, 0) is 0 Å². The number of methoxy groups -OCH3 is 1. The summed E-state index contributed by atoms with van der Waals surface area (Å²) in [4.78, 5) is 9.53. The highest BCUT2D eigenvalue weighted by Gasteiger charge is 2.21. The maximum atomic E-state index is 5.35. The van der Waals surface area contributed by atoms with Crippen LogP contribution in [0.1, 0.15) is 11.3 Å². The minimum atomic E-state index is 0.680. The van der Waals surface area contributed by atoms with Gasteiger partial charge in [-0.05, 0) is 32.0 Å². The molecule has 6 nitrogen and oxygen atoms in total. The second-order valence-electron chi connectivity index (χ2n) is 7.09. The lowest BCUT2D eigenvalue weighted by molar-refractivity contribution is 0.414. The Kier molecular flexibility index (Phi) is 5.10. The van der Waals surface area contributed by atoms with Gasteiger partial charge in [-0.3, -0.25) is 0 Å². The third-order valence-corrected chi connectivity index (χ3v) is 5.10. The highest BCUT2D eigenvalue weighted by Crippen LogP contribution is 2.25. The number of anilines is 2. The molecule has 0 saturated carbocycles. The molecule has 2 aromatic carbocycles. The quantitative estimate of drug-likeness (QED) is 0.696. The summed E-state index contributed by atoms with van der Waals surface area (Å²) in [5.74, 6) is 2.50. The lowest BCUT2D eigenvalue weighted by Gasteiger charge is -2.37. The molecular formula is C22H25N5O. The van der Waals surface area contributed by atoms with E-state index in [1.807, 2.05) is 31.2 Å². The molecule has 1 saturated heterocycles. The Morgan fingerprint density at radius 3 is 2.36 bits per heavy atom. The van der Waals surface area contributed by atoms with Crippen molar-refractivity contribution in [1.82, 2.24) is 15.2 Å². The van der Waals surface area contributed by atoms with Gasteiger partial charge >= 0.3 is 0 Å². The second kappa shape index (κ2) is 7.84. The van der Waals surface area contributed by atoms with Gasteiger partial charge in [0.2, 0.25) is 0 Å². The van der Waals surface area contributed by atoms with Crippen molar-refractivity contribution in [2.75, 3.05) is 43.1 Å². The van der Waals surface area contributed by atoms with Gasteiger partial charge in [-0.2, -0.15) is 0 Å². The molecule has 6 heteroatoms. The number of benzene rings is 2. The third-order valence-electron chi connectivity index (χ3n) is 5.10. The summed E-state index contributed by atoms with van der Waals surface area (Å²) in [6.45, 7) is 7.69. The Labute approximate surface area is 165 Å². The van der Waals surface area contributed by atoms with Gasteiger partial charge in [-0.1, -0.05) is 29.8 Å². The summed E-state index contributed by atoms with van der Waals surface area (Å²) in [5, 5.41) is 8.69. The average Bonchev–Trinajstić information content (AvgIpc) is 2.74. The van der Waals surface area contributed by atoms with Crippen molar-refractivity contribution in [3.8, 4) is 17.1 Å². The molecular weight excluding hydrogens is 350 g/mol. The van der Waals surface area contributed by atoms with E-state index in [9.17, 15) is 0 Å². The first-order valence-corrected chi connectivity index (χ1v) is 9.56. The van der Waals surface area contributed by atoms with E-state index in [0.717, 1.165) is 49.0 Å². The number of aromatic nitrogens is 3. The van der Waals surface area contributed by atoms with Crippen LogP contribution in [0.4, 0.5) is 11.5 Å². The molecule has 3 aromatic rings. The normalized spacial score (nSPS) is 14.2. The Hall–Kier alpha value is -3.15. The van der Waals surface area contributed by atoms with Crippen molar-refractivity contribution in [1.29, 1.82) is 0 Å². The van der Waals surface area contributed by atoms with Crippen molar-refractivity contribution in [3.05, 3.63) is 59.8 Å². The van der Waals surface area contributed by atoms with E-state index in [2.05, 4.69) is 51.2 Å². The van der Waals surface area contributed by atoms with Crippen LogP contribution in [0.15, 0.2) is 48.5 Å². The maximum absolute atomic E-state index is 5.35. The highest BCUT2D eigenvalue weighted by atomic mass is 16.5. The van der Waals surface area contributed by atoms with Crippen molar-refractivity contribution in [3.63, 3.8) is 0 Å². The predicted octanol–water partition coefficient (Wildman–Crippen LogP) is 3.49. The Morgan fingerprint density at radius 2 is 1.61 bits per heavy atom. The van der Waals surface area contributed by atoms with E-state index < -0.39 is 0 Å². The molecule has 2 heterocycles. The number of nitrogens with zero attached hydrogens (tertiary/aromatic N) is 5. The summed E-state index contributed by atoms with van der Waals surface area (Å²) < 4.78 is 5.35. The number of piperazine rings is 1. The molecule has 0 N–H and O–H groups in total. The van der Waals surface area contributed by atoms with Crippen molar-refractivity contribution in [2.45, 2.75) is 13.8 Å². The minimum absolute atomic E-state index is 0.680. The zero-order chi connectivity index (χ0) is 19.5. The topological polar surface area (TPSA) is 54.4 Å². The largest absolute Gasteiger partial charge is 0.497 e. The molecule has 0 bridgehead atoms. The molecule has 0 radical (unpaired) electrons.